The van der Waals surface area contributed by atoms with Gasteiger partial charge in [-0.1, -0.05) is 0 Å². The molecule has 1 aromatic rings. The first-order chi connectivity index (χ1) is 9.91. The summed E-state index contributed by atoms with van der Waals surface area (Å²) < 4.78 is 5.46. The van der Waals surface area contributed by atoms with Gasteiger partial charge in [0.05, 0.1) is 11.7 Å². The molecule has 0 fully saturated rings. The Balaban J connectivity index is 2.47. The number of rotatable bonds is 8. The number of benzene rings is 1. The summed E-state index contributed by atoms with van der Waals surface area (Å²) in [4.78, 5) is 14.1. The van der Waals surface area contributed by atoms with E-state index in [1.54, 1.807) is 12.1 Å². The van der Waals surface area contributed by atoms with Gasteiger partial charge in [0.15, 0.2) is 0 Å². The van der Waals surface area contributed by atoms with Gasteiger partial charge in [-0.3, -0.25) is 4.79 Å². The Hall–Kier alpha value is -1.75. The molecule has 0 aliphatic heterocycles. The third-order valence-electron chi connectivity index (χ3n) is 3.05. The molecule has 21 heavy (non-hydrogen) atoms. The average Bonchev–Trinajstić information content (AvgIpc) is 2.41. The van der Waals surface area contributed by atoms with E-state index in [9.17, 15) is 4.79 Å². The Kier molecular flexibility index (Phi) is 7.02. The highest BCUT2D eigenvalue weighted by Gasteiger charge is 2.12. The molecule has 0 aliphatic carbocycles. The molecule has 0 spiro atoms. The van der Waals surface area contributed by atoms with Crippen molar-refractivity contribution in [3.05, 3.63) is 23.8 Å². The molecule has 0 bridgehead atoms. The molecule has 5 nitrogen and oxygen atoms in total. The standard InChI is InChI=1S/C16H27N3O2/c1-12(2)21-10-6-5-9-18-16(20)14-11-13(17)7-8-15(14)19(3)4/h7-8,11-12H,5-6,9-10,17H2,1-4H3,(H,18,20). The molecule has 5 heteroatoms. The van der Waals surface area contributed by atoms with Gasteiger partial charge in [0.1, 0.15) is 0 Å². The summed E-state index contributed by atoms with van der Waals surface area (Å²) in [6.45, 7) is 5.41. The topological polar surface area (TPSA) is 67.6 Å². The number of nitrogens with one attached hydrogen (secondary N) is 1. The molecular weight excluding hydrogens is 266 g/mol. The minimum atomic E-state index is -0.0872. The van der Waals surface area contributed by atoms with Gasteiger partial charge in [-0.2, -0.15) is 0 Å². The third-order valence-corrected chi connectivity index (χ3v) is 3.05. The minimum Gasteiger partial charge on any atom is -0.399 e. The normalized spacial score (nSPS) is 10.7. The third kappa shape index (κ3) is 6.04. The lowest BCUT2D eigenvalue weighted by Gasteiger charge is -2.17. The van der Waals surface area contributed by atoms with Crippen LogP contribution in [-0.2, 0) is 4.74 Å². The summed E-state index contributed by atoms with van der Waals surface area (Å²) in [5, 5.41) is 2.93. The summed E-state index contributed by atoms with van der Waals surface area (Å²) in [6.07, 6.45) is 2.10. The second kappa shape index (κ2) is 8.52. The van der Waals surface area contributed by atoms with Crippen LogP contribution in [0.5, 0.6) is 0 Å². The predicted molar refractivity (Wildman–Crippen MR) is 87.8 cm³/mol. The smallest absolute Gasteiger partial charge is 0.253 e. The van der Waals surface area contributed by atoms with Gasteiger partial charge in [-0.05, 0) is 44.9 Å². The van der Waals surface area contributed by atoms with E-state index in [1.165, 1.54) is 0 Å². The van der Waals surface area contributed by atoms with Gasteiger partial charge in [-0.15, -0.1) is 0 Å². The molecular formula is C16H27N3O2. The average molecular weight is 293 g/mol. The summed E-state index contributed by atoms with van der Waals surface area (Å²) in [5.74, 6) is -0.0872. The summed E-state index contributed by atoms with van der Waals surface area (Å²) in [7, 11) is 3.82. The number of nitrogens with two attached hydrogens (primary N) is 1. The van der Waals surface area contributed by atoms with E-state index in [2.05, 4.69) is 5.32 Å². The lowest BCUT2D eigenvalue weighted by atomic mass is 10.1. The van der Waals surface area contributed by atoms with Crippen LogP contribution < -0.4 is 16.0 Å². The minimum absolute atomic E-state index is 0.0872. The first kappa shape index (κ1) is 17.3. The second-order valence-electron chi connectivity index (χ2n) is 5.55. The van der Waals surface area contributed by atoms with Crippen LogP contribution in [0.2, 0.25) is 0 Å². The quantitative estimate of drug-likeness (QED) is 0.570. The second-order valence-corrected chi connectivity index (χ2v) is 5.55. The zero-order valence-corrected chi connectivity index (χ0v) is 13.5. The highest BCUT2D eigenvalue weighted by Crippen LogP contribution is 2.21. The van der Waals surface area contributed by atoms with E-state index >= 15 is 0 Å². The van der Waals surface area contributed by atoms with Crippen LogP contribution in [0.15, 0.2) is 18.2 Å². The van der Waals surface area contributed by atoms with E-state index < -0.39 is 0 Å². The zero-order valence-electron chi connectivity index (χ0n) is 13.5. The molecule has 3 N–H and O–H groups in total. The van der Waals surface area contributed by atoms with E-state index in [1.807, 2.05) is 38.9 Å². The molecule has 0 saturated carbocycles. The number of hydrogen-bond acceptors (Lipinski definition) is 4. The molecule has 0 atom stereocenters. The van der Waals surface area contributed by atoms with Gasteiger partial charge >= 0.3 is 0 Å². The number of unbranched alkanes of at least 4 members (excludes halogenated alkanes) is 1. The molecule has 0 saturated heterocycles. The van der Waals surface area contributed by atoms with Crippen molar-refractivity contribution in [2.24, 2.45) is 0 Å². The molecule has 1 aromatic carbocycles. The van der Waals surface area contributed by atoms with E-state index in [4.69, 9.17) is 10.5 Å². The fourth-order valence-electron chi connectivity index (χ4n) is 1.97. The summed E-state index contributed by atoms with van der Waals surface area (Å²) in [6, 6.07) is 5.38. The number of amides is 1. The van der Waals surface area contributed by atoms with Crippen molar-refractivity contribution in [3.63, 3.8) is 0 Å². The molecule has 0 unspecified atom stereocenters. The Morgan fingerprint density at radius 2 is 2.05 bits per heavy atom. The van der Waals surface area contributed by atoms with Crippen LogP contribution in [0.3, 0.4) is 0 Å². The van der Waals surface area contributed by atoms with Crippen molar-refractivity contribution < 1.29 is 9.53 Å². The first-order valence-electron chi connectivity index (χ1n) is 7.38. The number of anilines is 2. The van der Waals surface area contributed by atoms with Gasteiger partial charge in [0.2, 0.25) is 0 Å². The van der Waals surface area contributed by atoms with Crippen molar-refractivity contribution in [2.45, 2.75) is 32.8 Å². The van der Waals surface area contributed by atoms with Crippen LogP contribution in [0.4, 0.5) is 11.4 Å². The molecule has 0 aromatic heterocycles. The van der Waals surface area contributed by atoms with Gasteiger partial charge in [0, 0.05) is 38.6 Å². The number of carbonyl (C=O) groups is 1. The number of hydrogen-bond donors (Lipinski definition) is 2. The maximum Gasteiger partial charge on any atom is 0.253 e. The van der Waals surface area contributed by atoms with E-state index in [0.717, 1.165) is 25.1 Å². The summed E-state index contributed by atoms with van der Waals surface area (Å²) >= 11 is 0. The lowest BCUT2D eigenvalue weighted by molar-refractivity contribution is 0.0754. The fourth-order valence-corrected chi connectivity index (χ4v) is 1.97. The number of ether oxygens (including phenoxy) is 1. The first-order valence-corrected chi connectivity index (χ1v) is 7.38. The van der Waals surface area contributed by atoms with Crippen molar-refractivity contribution in [3.8, 4) is 0 Å². The van der Waals surface area contributed by atoms with Gasteiger partial charge < -0.3 is 20.7 Å². The maximum atomic E-state index is 12.2. The monoisotopic (exact) mass is 293 g/mol. The molecule has 1 rings (SSSR count). The number of nitrogens with zero attached hydrogens (tertiary/aromatic N) is 1. The van der Waals surface area contributed by atoms with Crippen LogP contribution in [0, 0.1) is 0 Å². The highest BCUT2D eigenvalue weighted by molar-refractivity contribution is 6.00. The van der Waals surface area contributed by atoms with Gasteiger partial charge in [-0.25, -0.2) is 0 Å². The Bertz CT molecular complexity index is 459. The number of nitrogen functional groups attached to an aromatic ring is 1. The SMILES string of the molecule is CC(C)OCCCCNC(=O)c1cc(N)ccc1N(C)C. The maximum absolute atomic E-state index is 12.2. The summed E-state index contributed by atoms with van der Waals surface area (Å²) in [5.41, 5.74) is 7.84. The van der Waals surface area contributed by atoms with Crippen molar-refractivity contribution >= 4 is 17.3 Å². The lowest BCUT2D eigenvalue weighted by Crippen LogP contribution is -2.27. The molecule has 118 valence electrons. The van der Waals surface area contributed by atoms with Crippen molar-refractivity contribution in [2.75, 3.05) is 37.9 Å². The molecule has 0 radical (unpaired) electrons. The van der Waals surface area contributed by atoms with Gasteiger partial charge in [0.25, 0.3) is 5.91 Å². The molecule has 0 aliphatic rings. The number of carbonyl (C=O) groups excluding carboxylic acids is 1. The molecule has 1 amide bonds. The van der Waals surface area contributed by atoms with Crippen LogP contribution in [0.25, 0.3) is 0 Å². The zero-order chi connectivity index (χ0) is 15.8. The van der Waals surface area contributed by atoms with E-state index in [0.29, 0.717) is 17.8 Å². The fraction of sp³-hybridized carbons (Fsp3) is 0.562. The Morgan fingerprint density at radius 1 is 1.33 bits per heavy atom. The Labute approximate surface area is 127 Å². The predicted octanol–water partition coefficient (Wildman–Crippen LogP) is 2.27. The van der Waals surface area contributed by atoms with Crippen molar-refractivity contribution in [1.29, 1.82) is 0 Å². The highest BCUT2D eigenvalue weighted by atomic mass is 16.5. The van der Waals surface area contributed by atoms with Crippen LogP contribution in [-0.4, -0.2) is 39.3 Å². The van der Waals surface area contributed by atoms with Crippen LogP contribution in [0.1, 0.15) is 37.0 Å². The van der Waals surface area contributed by atoms with Crippen molar-refractivity contribution in [1.82, 2.24) is 5.32 Å². The van der Waals surface area contributed by atoms with E-state index in [-0.39, 0.29) is 12.0 Å². The Morgan fingerprint density at radius 3 is 2.67 bits per heavy atom. The largest absolute Gasteiger partial charge is 0.399 e. The van der Waals surface area contributed by atoms with Crippen LogP contribution >= 0.6 is 0 Å². The molecule has 0 heterocycles.